The van der Waals surface area contributed by atoms with Crippen LogP contribution in [0.25, 0.3) is 33.6 Å². The first-order chi connectivity index (χ1) is 34.6. The maximum Gasteiger partial charge on any atom is 0.259 e. The minimum Gasteiger partial charge on any atom is -0.497 e. The first-order valence-electron chi connectivity index (χ1n) is 24.7. The Morgan fingerprint density at radius 3 is 1.93 bits per heavy atom. The molecule has 0 saturated heterocycles. The highest BCUT2D eigenvalue weighted by Gasteiger charge is 2.40. The van der Waals surface area contributed by atoms with E-state index in [9.17, 15) is 5.26 Å². The molecule has 15 heteroatoms. The highest BCUT2D eigenvalue weighted by molar-refractivity contribution is 7.44. The third kappa shape index (κ3) is 13.0. The zero-order chi connectivity index (χ0) is 50.2. The molecule has 3 heterocycles. The van der Waals surface area contributed by atoms with E-state index >= 15 is 0 Å². The summed E-state index contributed by atoms with van der Waals surface area (Å²) in [5.74, 6) is 2.51. The zero-order valence-electron chi connectivity index (χ0n) is 42.4. The lowest BCUT2D eigenvalue weighted by Crippen LogP contribution is -2.39. The van der Waals surface area contributed by atoms with Crippen molar-refractivity contribution < 1.29 is 23.3 Å². The topological polar surface area (TPSA) is 145 Å². The molecular formula is C56H68N9O5P. The second-order valence-corrected chi connectivity index (χ2v) is 19.3. The van der Waals surface area contributed by atoms with Crippen LogP contribution >= 0.6 is 8.53 Å². The van der Waals surface area contributed by atoms with Crippen LogP contribution in [0.5, 0.6) is 11.5 Å². The van der Waals surface area contributed by atoms with Gasteiger partial charge in [-0.2, -0.15) is 5.26 Å². The highest BCUT2D eigenvalue weighted by atomic mass is 31.2. The van der Waals surface area contributed by atoms with Crippen LogP contribution in [-0.4, -0.2) is 99.1 Å². The molecule has 0 fully saturated rings. The number of methoxy groups -OCH3 is 2. The van der Waals surface area contributed by atoms with Crippen molar-refractivity contribution in [3.05, 3.63) is 138 Å². The quantitative estimate of drug-likeness (QED) is 0.0159. The first-order valence-corrected chi connectivity index (χ1v) is 25.9. The molecule has 372 valence electrons. The van der Waals surface area contributed by atoms with Gasteiger partial charge >= 0.3 is 0 Å². The van der Waals surface area contributed by atoms with E-state index in [1.54, 1.807) is 20.5 Å². The van der Waals surface area contributed by atoms with Crippen molar-refractivity contribution in [2.24, 2.45) is 4.99 Å². The van der Waals surface area contributed by atoms with Crippen LogP contribution in [0.3, 0.4) is 0 Å². The Labute approximate surface area is 420 Å². The molecule has 0 saturated carbocycles. The predicted octanol–water partition coefficient (Wildman–Crippen LogP) is 12.3. The SMILES string of the molecule is CCCCN(C=Nc1nc(-c2ccccc2)nc2nc3c(cc12)ncn3C[C@@H](COC(c1ccccc1)(c1ccc(OC)cc1)c1ccc(OC)cc1)OP(OCCC#N)N(C(C)C)C(C)C)CCCC. The average molecular weight is 978 g/mol. The average Bonchev–Trinajstić information content (AvgIpc) is 3.79. The minimum absolute atomic E-state index is 0.0644. The number of pyridine rings is 1. The molecule has 14 nitrogen and oxygen atoms in total. The molecule has 0 aliphatic carbocycles. The Bertz CT molecular complexity index is 2740. The summed E-state index contributed by atoms with van der Waals surface area (Å²) >= 11 is 0. The second-order valence-electron chi connectivity index (χ2n) is 17.9. The number of imidazole rings is 1. The largest absolute Gasteiger partial charge is 0.497 e. The normalized spacial score (nSPS) is 12.9. The molecular weight excluding hydrogens is 910 g/mol. The maximum atomic E-state index is 9.60. The van der Waals surface area contributed by atoms with Crippen LogP contribution in [0, 0.1) is 11.3 Å². The lowest BCUT2D eigenvalue weighted by Gasteiger charge is -2.39. The molecule has 2 atom stereocenters. The monoisotopic (exact) mass is 978 g/mol. The standard InChI is InChI=1S/C56H68N9O5P/c1-9-11-33-63(34-12-10-2)39-59-53-50-36-51-55(62-54(50)61-52(60-53)43-20-15-13-16-21-43)64(40-58-51)37-49(70-71(69-35-19-32-57)65(41(3)4)42(5)6)38-68-56(44-22-17-14-18-23-44,45-24-28-47(66-7)29-25-45)46-26-30-48(67-8)31-27-46/h13-18,20-31,36,39-42,49H,9-12,19,33-35,37-38H2,1-8H3/t49-,71?/m0/s1. The van der Waals surface area contributed by atoms with Gasteiger partial charge in [-0.15, -0.1) is 0 Å². The molecule has 0 aliphatic heterocycles. The highest BCUT2D eigenvalue weighted by Crippen LogP contribution is 2.48. The Hall–Kier alpha value is -6.33. The van der Waals surface area contributed by atoms with Crippen LogP contribution in [0.1, 0.15) is 90.3 Å². The maximum absolute atomic E-state index is 9.60. The summed E-state index contributed by atoms with van der Waals surface area (Å²) in [6, 6.07) is 40.4. The van der Waals surface area contributed by atoms with Crippen molar-refractivity contribution in [1.82, 2.24) is 34.1 Å². The Kier molecular flexibility index (Phi) is 19.0. The first kappa shape index (κ1) is 52.5. The van der Waals surface area contributed by atoms with Gasteiger partial charge in [0, 0.05) is 30.7 Å². The van der Waals surface area contributed by atoms with Crippen molar-refractivity contribution in [2.75, 3.05) is 40.5 Å². The number of benzene rings is 4. The summed E-state index contributed by atoms with van der Waals surface area (Å²) in [6.45, 7) is 15.3. The Morgan fingerprint density at radius 1 is 0.775 bits per heavy atom. The molecule has 4 aromatic carbocycles. The van der Waals surface area contributed by atoms with E-state index in [-0.39, 0.29) is 38.3 Å². The van der Waals surface area contributed by atoms with Crippen molar-refractivity contribution >= 4 is 42.9 Å². The predicted molar refractivity (Wildman–Crippen MR) is 284 cm³/mol. The van der Waals surface area contributed by atoms with Gasteiger partial charge in [0.2, 0.25) is 0 Å². The molecule has 0 radical (unpaired) electrons. The summed E-state index contributed by atoms with van der Waals surface area (Å²) in [6.07, 6.45) is 7.63. The molecule has 0 amide bonds. The van der Waals surface area contributed by atoms with Gasteiger partial charge in [0.1, 0.15) is 28.7 Å². The van der Waals surface area contributed by atoms with Crippen LogP contribution in [0.15, 0.2) is 127 Å². The fraction of sp³-hybridized carbons (Fsp3) is 0.393. The fourth-order valence-electron chi connectivity index (χ4n) is 8.60. The lowest BCUT2D eigenvalue weighted by molar-refractivity contribution is -0.0381. The molecule has 0 N–H and O–H groups in total. The third-order valence-electron chi connectivity index (χ3n) is 12.2. The molecule has 1 unspecified atom stereocenters. The number of fused-ring (bicyclic) bond motifs is 2. The number of nitriles is 1. The van der Waals surface area contributed by atoms with Crippen molar-refractivity contribution in [3.8, 4) is 29.0 Å². The third-order valence-corrected chi connectivity index (χ3v) is 14.4. The number of ether oxygens (including phenoxy) is 3. The molecule has 7 rings (SSSR count). The molecule has 7 aromatic rings. The van der Waals surface area contributed by atoms with Crippen LogP contribution in [0.2, 0.25) is 0 Å². The van der Waals surface area contributed by atoms with Gasteiger partial charge in [-0.1, -0.05) is 112 Å². The van der Waals surface area contributed by atoms with E-state index < -0.39 is 20.2 Å². The van der Waals surface area contributed by atoms with Crippen molar-refractivity contribution in [2.45, 2.75) is 104 Å². The molecule has 3 aromatic heterocycles. The summed E-state index contributed by atoms with van der Waals surface area (Å²) in [7, 11) is 1.61. The number of aliphatic imine (C=N–C) groups is 1. The number of aromatic nitrogens is 5. The number of rotatable bonds is 27. The number of nitrogens with zero attached hydrogens (tertiary/aromatic N) is 9. The van der Waals surface area contributed by atoms with Gasteiger partial charge in [0.25, 0.3) is 8.53 Å². The molecule has 0 aliphatic rings. The van der Waals surface area contributed by atoms with Gasteiger partial charge in [0.15, 0.2) is 22.9 Å². The van der Waals surface area contributed by atoms with Gasteiger partial charge in [0.05, 0.1) is 64.5 Å². The van der Waals surface area contributed by atoms with E-state index in [2.05, 4.69) is 69.3 Å². The van der Waals surface area contributed by atoms with Gasteiger partial charge in [-0.05, 0) is 87.6 Å². The minimum atomic E-state index is -1.71. The number of unbranched alkanes of at least 4 members (excludes halogenated alkanes) is 2. The van der Waals surface area contributed by atoms with Crippen molar-refractivity contribution in [1.29, 1.82) is 5.26 Å². The summed E-state index contributed by atoms with van der Waals surface area (Å²) in [4.78, 5) is 27.6. The summed E-state index contributed by atoms with van der Waals surface area (Å²) in [5.41, 5.74) is 4.20. The van der Waals surface area contributed by atoms with Crippen molar-refractivity contribution in [3.63, 3.8) is 0 Å². The second kappa shape index (κ2) is 25.7. The van der Waals surface area contributed by atoms with Crippen LogP contribution in [0.4, 0.5) is 5.82 Å². The van der Waals surface area contributed by atoms with Gasteiger partial charge in [-0.25, -0.2) is 29.6 Å². The van der Waals surface area contributed by atoms with E-state index in [1.807, 2.05) is 114 Å². The van der Waals surface area contributed by atoms with Gasteiger partial charge < -0.3 is 32.7 Å². The van der Waals surface area contributed by atoms with Crippen LogP contribution in [-0.2, 0) is 25.9 Å². The summed E-state index contributed by atoms with van der Waals surface area (Å²) in [5, 5.41) is 10.3. The fourth-order valence-corrected chi connectivity index (χ4v) is 10.3. The number of hydrogen-bond donors (Lipinski definition) is 0. The Balaban J connectivity index is 1.36. The molecule has 0 spiro atoms. The van der Waals surface area contributed by atoms with E-state index in [4.69, 9.17) is 48.2 Å². The van der Waals surface area contributed by atoms with E-state index in [0.717, 1.165) is 72.5 Å². The lowest BCUT2D eigenvalue weighted by atomic mass is 9.80. The van der Waals surface area contributed by atoms with E-state index in [1.165, 1.54) is 0 Å². The Morgan fingerprint density at radius 2 is 1.37 bits per heavy atom. The zero-order valence-corrected chi connectivity index (χ0v) is 43.3. The molecule has 71 heavy (non-hydrogen) atoms. The smallest absolute Gasteiger partial charge is 0.259 e. The summed E-state index contributed by atoms with van der Waals surface area (Å²) < 4.78 is 36.8. The van der Waals surface area contributed by atoms with Crippen LogP contribution < -0.4 is 9.47 Å². The molecule has 0 bridgehead atoms. The van der Waals surface area contributed by atoms with E-state index in [0.29, 0.717) is 33.8 Å². The van der Waals surface area contributed by atoms with Gasteiger partial charge in [-0.3, -0.25) is 0 Å². The number of hydrogen-bond acceptors (Lipinski definition) is 12.